The fourth-order valence-electron chi connectivity index (χ4n) is 4.07. The van der Waals surface area contributed by atoms with Gasteiger partial charge in [0.1, 0.15) is 30.0 Å². The Kier molecular flexibility index (Phi) is 5.73. The van der Waals surface area contributed by atoms with Crippen LogP contribution in [-0.4, -0.2) is 76.6 Å². The highest BCUT2D eigenvalue weighted by molar-refractivity contribution is 6.05. The summed E-state index contributed by atoms with van der Waals surface area (Å²) in [5.41, 5.74) is 1.11. The van der Waals surface area contributed by atoms with Gasteiger partial charge in [-0.25, -0.2) is 14.8 Å². The SMILES string of the molecule is O=C(NC1CC1)c1ccc2c(n1)N(C(=O)Nc1cc(OC[C@@H](O)CO)ccn1)[C@H]1CCN2C1. The second kappa shape index (κ2) is 8.83. The molecule has 3 aliphatic rings. The van der Waals surface area contributed by atoms with Gasteiger partial charge in [-0.05, 0) is 37.5 Å². The molecule has 5 rings (SSSR count). The van der Waals surface area contributed by atoms with Crippen molar-refractivity contribution in [2.24, 2.45) is 0 Å². The van der Waals surface area contributed by atoms with Gasteiger partial charge >= 0.3 is 6.03 Å². The van der Waals surface area contributed by atoms with E-state index in [0.29, 0.717) is 18.1 Å². The molecule has 11 heteroatoms. The minimum absolute atomic E-state index is 0.0640. The number of hydrogen-bond acceptors (Lipinski definition) is 8. The molecule has 2 bridgehead atoms. The summed E-state index contributed by atoms with van der Waals surface area (Å²) in [5, 5.41) is 24.1. The average Bonchev–Trinajstić information content (AvgIpc) is 3.55. The minimum atomic E-state index is -0.997. The molecule has 33 heavy (non-hydrogen) atoms. The van der Waals surface area contributed by atoms with Crippen molar-refractivity contribution < 1.29 is 24.5 Å². The maximum atomic E-state index is 13.3. The van der Waals surface area contributed by atoms with Crippen LogP contribution in [0.2, 0.25) is 0 Å². The predicted molar refractivity (Wildman–Crippen MR) is 120 cm³/mol. The Balaban J connectivity index is 1.36. The topological polar surface area (TPSA) is 140 Å². The van der Waals surface area contributed by atoms with E-state index in [2.05, 4.69) is 25.5 Å². The van der Waals surface area contributed by atoms with Crippen LogP contribution in [0.4, 0.5) is 22.1 Å². The van der Waals surface area contributed by atoms with Crippen molar-refractivity contribution in [3.8, 4) is 5.75 Å². The van der Waals surface area contributed by atoms with E-state index in [4.69, 9.17) is 9.84 Å². The zero-order chi connectivity index (χ0) is 22.9. The number of rotatable bonds is 7. The fourth-order valence-corrected chi connectivity index (χ4v) is 4.07. The molecule has 4 heterocycles. The minimum Gasteiger partial charge on any atom is -0.491 e. The second-order valence-corrected chi connectivity index (χ2v) is 8.50. The highest BCUT2D eigenvalue weighted by atomic mass is 16.5. The van der Waals surface area contributed by atoms with Crippen LogP contribution in [0.1, 0.15) is 29.8 Å². The van der Waals surface area contributed by atoms with E-state index < -0.39 is 18.7 Å². The van der Waals surface area contributed by atoms with Crippen LogP contribution >= 0.6 is 0 Å². The second-order valence-electron chi connectivity index (χ2n) is 8.50. The lowest BCUT2D eigenvalue weighted by atomic mass is 10.1. The molecule has 1 aliphatic carbocycles. The van der Waals surface area contributed by atoms with Gasteiger partial charge in [-0.3, -0.25) is 15.0 Å². The van der Waals surface area contributed by atoms with Crippen molar-refractivity contribution >= 4 is 29.3 Å². The van der Waals surface area contributed by atoms with Crippen LogP contribution in [0.25, 0.3) is 0 Å². The van der Waals surface area contributed by atoms with E-state index in [9.17, 15) is 14.7 Å². The van der Waals surface area contributed by atoms with Gasteiger partial charge in [-0.2, -0.15) is 0 Å². The molecule has 2 aromatic heterocycles. The molecule has 4 N–H and O–H groups in total. The summed E-state index contributed by atoms with van der Waals surface area (Å²) in [6.07, 6.45) is 3.24. The van der Waals surface area contributed by atoms with Gasteiger partial charge < -0.3 is 25.2 Å². The van der Waals surface area contributed by atoms with Crippen molar-refractivity contribution in [1.29, 1.82) is 0 Å². The summed E-state index contributed by atoms with van der Waals surface area (Å²) in [4.78, 5) is 38.4. The lowest BCUT2D eigenvalue weighted by Gasteiger charge is -2.35. The van der Waals surface area contributed by atoms with Gasteiger partial charge in [-0.15, -0.1) is 0 Å². The molecule has 2 atom stereocenters. The van der Waals surface area contributed by atoms with Crippen LogP contribution in [-0.2, 0) is 0 Å². The van der Waals surface area contributed by atoms with Gasteiger partial charge in [-0.1, -0.05) is 0 Å². The molecular formula is C22H26N6O5. The van der Waals surface area contributed by atoms with E-state index in [0.717, 1.165) is 31.5 Å². The Morgan fingerprint density at radius 3 is 2.88 bits per heavy atom. The molecular weight excluding hydrogens is 428 g/mol. The van der Waals surface area contributed by atoms with Gasteiger partial charge in [0, 0.05) is 31.4 Å². The molecule has 174 valence electrons. The molecule has 1 saturated heterocycles. The number of hydrogen-bond donors (Lipinski definition) is 4. The molecule has 0 spiro atoms. The molecule has 2 aliphatic heterocycles. The first-order chi connectivity index (χ1) is 16.0. The summed E-state index contributed by atoms with van der Waals surface area (Å²) in [7, 11) is 0. The molecule has 3 amide bonds. The van der Waals surface area contributed by atoms with Crippen molar-refractivity contribution in [3.05, 3.63) is 36.2 Å². The normalized spacial score (nSPS) is 19.6. The number of fused-ring (bicyclic) bond motifs is 4. The number of aliphatic hydroxyl groups is 2. The third-order valence-corrected chi connectivity index (χ3v) is 5.94. The molecule has 0 unspecified atom stereocenters. The molecule has 0 aromatic carbocycles. The predicted octanol–water partition coefficient (Wildman–Crippen LogP) is 0.732. The lowest BCUT2D eigenvalue weighted by molar-refractivity contribution is 0.0536. The largest absolute Gasteiger partial charge is 0.491 e. The summed E-state index contributed by atoms with van der Waals surface area (Å²) in [5.74, 6) is 0.907. The number of carbonyl (C=O) groups is 2. The average molecular weight is 454 g/mol. The van der Waals surface area contributed by atoms with Crippen LogP contribution in [0, 0.1) is 0 Å². The first-order valence-corrected chi connectivity index (χ1v) is 11.1. The number of anilines is 3. The fraction of sp³-hybridized carbons (Fsp3) is 0.455. The molecule has 1 saturated carbocycles. The molecule has 2 aromatic rings. The number of nitrogens with zero attached hydrogens (tertiary/aromatic N) is 4. The van der Waals surface area contributed by atoms with E-state index in [1.807, 2.05) is 6.07 Å². The summed E-state index contributed by atoms with van der Waals surface area (Å²) in [6, 6.07) is 6.45. The molecule has 11 nitrogen and oxygen atoms in total. The standard InChI is InChI=1S/C22H26N6O5/c29-11-15(30)12-33-16-5-7-23-19(9-16)26-22(32)28-14-6-8-27(10-14)18-4-3-17(25-20(18)28)21(31)24-13-1-2-13/h3-5,7,9,13-15,29-30H,1-2,6,8,10-12H2,(H,24,31)(H,23,26,32)/t14-,15-/m0/s1. The number of nitrogens with one attached hydrogen (secondary N) is 2. The Morgan fingerprint density at radius 1 is 1.24 bits per heavy atom. The van der Waals surface area contributed by atoms with Crippen LogP contribution in [0.3, 0.4) is 0 Å². The van der Waals surface area contributed by atoms with E-state index >= 15 is 0 Å². The molecule has 0 radical (unpaired) electrons. The maximum Gasteiger partial charge on any atom is 0.329 e. The number of urea groups is 1. The van der Waals surface area contributed by atoms with Gasteiger partial charge in [0.2, 0.25) is 0 Å². The summed E-state index contributed by atoms with van der Waals surface area (Å²) in [6.45, 7) is 1.02. The number of amides is 3. The summed E-state index contributed by atoms with van der Waals surface area (Å²) < 4.78 is 5.43. The van der Waals surface area contributed by atoms with Crippen molar-refractivity contribution in [2.45, 2.75) is 37.5 Å². The molecule has 2 fully saturated rings. The maximum absolute atomic E-state index is 13.3. The van der Waals surface area contributed by atoms with Gasteiger partial charge in [0.05, 0.1) is 18.3 Å². The Morgan fingerprint density at radius 2 is 2.09 bits per heavy atom. The number of aliphatic hydroxyl groups excluding tert-OH is 2. The highest BCUT2D eigenvalue weighted by Gasteiger charge is 2.40. The number of aromatic nitrogens is 2. The van der Waals surface area contributed by atoms with Crippen molar-refractivity contribution in [2.75, 3.05) is 41.4 Å². The van der Waals surface area contributed by atoms with Crippen molar-refractivity contribution in [1.82, 2.24) is 15.3 Å². The number of pyridine rings is 2. The van der Waals surface area contributed by atoms with Crippen molar-refractivity contribution in [3.63, 3.8) is 0 Å². The van der Waals surface area contributed by atoms with Gasteiger partial charge in [0.25, 0.3) is 5.91 Å². The van der Waals surface area contributed by atoms with E-state index in [1.165, 1.54) is 6.20 Å². The first kappa shape index (κ1) is 21.4. The zero-order valence-electron chi connectivity index (χ0n) is 18.0. The number of ether oxygens (including phenoxy) is 1. The lowest BCUT2D eigenvalue weighted by Crippen LogP contribution is -2.48. The first-order valence-electron chi connectivity index (χ1n) is 11.1. The highest BCUT2D eigenvalue weighted by Crippen LogP contribution is 2.39. The summed E-state index contributed by atoms with van der Waals surface area (Å²) >= 11 is 0. The Bertz CT molecular complexity index is 1060. The van der Waals surface area contributed by atoms with Crippen LogP contribution < -0.4 is 25.2 Å². The Hall–Kier alpha value is -3.44. The Labute approximate surface area is 190 Å². The number of carbonyl (C=O) groups excluding carboxylic acids is 2. The smallest absolute Gasteiger partial charge is 0.329 e. The van der Waals surface area contributed by atoms with E-state index in [-0.39, 0.29) is 36.1 Å². The third kappa shape index (κ3) is 4.55. The monoisotopic (exact) mass is 454 g/mol. The third-order valence-electron chi connectivity index (χ3n) is 5.94. The zero-order valence-corrected chi connectivity index (χ0v) is 18.0. The quantitative estimate of drug-likeness (QED) is 0.480. The van der Waals surface area contributed by atoms with Gasteiger partial charge in [0.15, 0.2) is 5.82 Å². The van der Waals surface area contributed by atoms with Crippen LogP contribution in [0.5, 0.6) is 5.75 Å². The van der Waals surface area contributed by atoms with Crippen LogP contribution in [0.15, 0.2) is 30.5 Å². The van der Waals surface area contributed by atoms with E-state index in [1.54, 1.807) is 23.1 Å².